The van der Waals surface area contributed by atoms with E-state index in [2.05, 4.69) is 5.32 Å². The Bertz CT molecular complexity index is 510. The average molecular weight is 323 g/mol. The first-order valence-corrected chi connectivity index (χ1v) is 8.15. The number of nitrogens with one attached hydrogen (secondary N) is 1. The Hall–Kier alpha value is -1.46. The molecule has 0 bridgehead atoms. The smallest absolute Gasteiger partial charge is 0.248 e. The van der Waals surface area contributed by atoms with Crippen LogP contribution in [0.4, 0.5) is 4.39 Å². The summed E-state index contributed by atoms with van der Waals surface area (Å²) >= 11 is 0. The number of carbonyl (C=O) groups excluding carboxylic acids is 1. The van der Waals surface area contributed by atoms with Crippen molar-refractivity contribution in [2.45, 2.75) is 51.2 Å². The maximum atomic E-state index is 13.0. The lowest BCUT2D eigenvalue weighted by atomic mass is 9.84. The van der Waals surface area contributed by atoms with Crippen LogP contribution in [0, 0.1) is 5.82 Å². The highest BCUT2D eigenvalue weighted by molar-refractivity contribution is 5.80. The molecule has 23 heavy (non-hydrogen) atoms. The van der Waals surface area contributed by atoms with Gasteiger partial charge in [-0.3, -0.25) is 4.79 Å². The number of ether oxygens (including phenoxy) is 2. The summed E-state index contributed by atoms with van der Waals surface area (Å²) in [5, 5.41) is 2.91. The number of rotatable bonds is 7. The summed E-state index contributed by atoms with van der Waals surface area (Å²) in [4.78, 5) is 12.1. The molecular weight excluding hydrogens is 297 g/mol. The summed E-state index contributed by atoms with van der Waals surface area (Å²) in [6.45, 7) is 7.47. The number of hydrogen-bond acceptors (Lipinski definition) is 3. The van der Waals surface area contributed by atoms with Gasteiger partial charge >= 0.3 is 0 Å². The summed E-state index contributed by atoms with van der Waals surface area (Å²) in [5.41, 5.74) is 0.699. The van der Waals surface area contributed by atoms with Gasteiger partial charge in [0.15, 0.2) is 0 Å². The van der Waals surface area contributed by atoms with E-state index in [4.69, 9.17) is 9.47 Å². The molecule has 0 aromatic heterocycles. The van der Waals surface area contributed by atoms with Gasteiger partial charge in [0.2, 0.25) is 5.91 Å². The lowest BCUT2D eigenvalue weighted by Gasteiger charge is -2.26. The van der Waals surface area contributed by atoms with E-state index in [9.17, 15) is 9.18 Å². The minimum atomic E-state index is -0.511. The first kappa shape index (κ1) is 17.9. The van der Waals surface area contributed by atoms with E-state index in [1.165, 1.54) is 12.1 Å². The zero-order chi connectivity index (χ0) is 16.9. The molecule has 2 atom stereocenters. The van der Waals surface area contributed by atoms with Crippen molar-refractivity contribution in [3.05, 3.63) is 35.6 Å². The molecule has 2 rings (SSSR count). The monoisotopic (exact) mass is 323 g/mol. The predicted octanol–water partition coefficient (Wildman–Crippen LogP) is 2.80. The van der Waals surface area contributed by atoms with Gasteiger partial charge in [-0.25, -0.2) is 4.39 Å². The van der Waals surface area contributed by atoms with Gasteiger partial charge in [-0.1, -0.05) is 26.0 Å². The molecule has 1 saturated heterocycles. The normalized spacial score (nSPS) is 19.6. The van der Waals surface area contributed by atoms with Crippen LogP contribution in [-0.4, -0.2) is 37.9 Å². The molecule has 1 N–H and O–H groups in total. The third kappa shape index (κ3) is 5.29. The van der Waals surface area contributed by atoms with Gasteiger partial charge in [0.1, 0.15) is 11.9 Å². The highest BCUT2D eigenvalue weighted by Gasteiger charge is 2.24. The zero-order valence-electron chi connectivity index (χ0n) is 14.1. The molecule has 128 valence electrons. The predicted molar refractivity (Wildman–Crippen MR) is 86.8 cm³/mol. The molecule has 0 radical (unpaired) electrons. The van der Waals surface area contributed by atoms with E-state index in [1.807, 2.05) is 13.8 Å². The molecule has 4 nitrogen and oxygen atoms in total. The number of halogens is 1. The molecule has 1 fully saturated rings. The van der Waals surface area contributed by atoms with Crippen molar-refractivity contribution in [3.8, 4) is 0 Å². The Kier molecular flexibility index (Phi) is 6.13. The van der Waals surface area contributed by atoms with Crippen molar-refractivity contribution in [2.24, 2.45) is 0 Å². The standard InChI is InChI=1S/C18H26FNO3/c1-13(23-11-16-5-4-10-22-16)17(21)20-12-18(2,3)14-6-8-15(19)9-7-14/h6-9,13,16H,4-5,10-12H2,1-3H3,(H,20,21)/t13-,16-/m0/s1. The molecule has 0 spiro atoms. The quantitative estimate of drug-likeness (QED) is 0.839. The van der Waals surface area contributed by atoms with Crippen molar-refractivity contribution in [1.82, 2.24) is 5.32 Å². The molecule has 0 unspecified atom stereocenters. The van der Waals surface area contributed by atoms with Crippen molar-refractivity contribution in [3.63, 3.8) is 0 Å². The summed E-state index contributed by atoms with van der Waals surface area (Å²) in [6.07, 6.45) is 1.65. The lowest BCUT2D eigenvalue weighted by Crippen LogP contribution is -2.42. The van der Waals surface area contributed by atoms with E-state index in [0.29, 0.717) is 13.2 Å². The fourth-order valence-electron chi connectivity index (χ4n) is 2.56. The lowest BCUT2D eigenvalue weighted by molar-refractivity contribution is -0.133. The van der Waals surface area contributed by atoms with Crippen LogP contribution in [0.5, 0.6) is 0 Å². The van der Waals surface area contributed by atoms with Crippen LogP contribution in [0.3, 0.4) is 0 Å². The SMILES string of the molecule is C[C@H](OC[C@@H]1CCCO1)C(=O)NCC(C)(C)c1ccc(F)cc1. The molecule has 5 heteroatoms. The number of hydrogen-bond donors (Lipinski definition) is 1. The second kappa shape index (κ2) is 7.88. The van der Waals surface area contributed by atoms with Gasteiger partial charge in [0.25, 0.3) is 0 Å². The number of carbonyl (C=O) groups is 1. The molecule has 1 aliphatic rings. The van der Waals surface area contributed by atoms with Crippen molar-refractivity contribution in [1.29, 1.82) is 0 Å². The number of amides is 1. The largest absolute Gasteiger partial charge is 0.376 e. The highest BCUT2D eigenvalue weighted by Crippen LogP contribution is 2.22. The van der Waals surface area contributed by atoms with E-state index in [-0.39, 0.29) is 23.2 Å². The van der Waals surface area contributed by atoms with Crippen LogP contribution in [0.1, 0.15) is 39.2 Å². The van der Waals surface area contributed by atoms with E-state index in [0.717, 1.165) is 25.0 Å². The maximum Gasteiger partial charge on any atom is 0.248 e. The minimum Gasteiger partial charge on any atom is -0.376 e. The Morgan fingerprint density at radius 1 is 1.43 bits per heavy atom. The van der Waals surface area contributed by atoms with Crippen molar-refractivity contribution >= 4 is 5.91 Å². The molecular formula is C18H26FNO3. The van der Waals surface area contributed by atoms with Gasteiger partial charge in [-0.2, -0.15) is 0 Å². The third-order valence-electron chi connectivity index (χ3n) is 4.26. The van der Waals surface area contributed by atoms with E-state index < -0.39 is 6.10 Å². The topological polar surface area (TPSA) is 47.6 Å². The minimum absolute atomic E-state index is 0.112. The summed E-state index contributed by atoms with van der Waals surface area (Å²) in [7, 11) is 0. The van der Waals surface area contributed by atoms with Gasteiger partial charge < -0.3 is 14.8 Å². The molecule has 1 amide bonds. The fraction of sp³-hybridized carbons (Fsp3) is 0.611. The first-order chi connectivity index (χ1) is 10.9. The second-order valence-electron chi connectivity index (χ2n) is 6.72. The van der Waals surface area contributed by atoms with E-state index in [1.54, 1.807) is 19.1 Å². The van der Waals surface area contributed by atoms with Gasteiger partial charge in [-0.15, -0.1) is 0 Å². The molecule has 0 aliphatic carbocycles. The molecule has 0 saturated carbocycles. The highest BCUT2D eigenvalue weighted by atomic mass is 19.1. The summed E-state index contributed by atoms with van der Waals surface area (Å²) in [6, 6.07) is 6.37. The summed E-state index contributed by atoms with van der Waals surface area (Å²) in [5.74, 6) is -0.400. The molecule has 1 heterocycles. The molecule has 1 aromatic carbocycles. The molecule has 1 aromatic rings. The van der Waals surface area contributed by atoms with Crippen LogP contribution in [0.25, 0.3) is 0 Å². The fourth-order valence-corrected chi connectivity index (χ4v) is 2.56. The Balaban J connectivity index is 1.78. The van der Waals surface area contributed by atoms with Gasteiger partial charge in [-0.05, 0) is 37.5 Å². The third-order valence-corrected chi connectivity index (χ3v) is 4.26. The zero-order valence-corrected chi connectivity index (χ0v) is 14.1. The second-order valence-corrected chi connectivity index (χ2v) is 6.72. The van der Waals surface area contributed by atoms with E-state index >= 15 is 0 Å². The Labute approximate surface area is 137 Å². The Morgan fingerprint density at radius 3 is 2.74 bits per heavy atom. The van der Waals surface area contributed by atoms with Crippen LogP contribution in [0.2, 0.25) is 0 Å². The summed E-state index contributed by atoms with van der Waals surface area (Å²) < 4.78 is 24.1. The van der Waals surface area contributed by atoms with Gasteiger partial charge in [0.05, 0.1) is 12.7 Å². The van der Waals surface area contributed by atoms with Crippen LogP contribution < -0.4 is 5.32 Å². The number of benzene rings is 1. The van der Waals surface area contributed by atoms with Crippen molar-refractivity contribution < 1.29 is 18.7 Å². The average Bonchev–Trinajstić information content (AvgIpc) is 3.04. The Morgan fingerprint density at radius 2 is 2.13 bits per heavy atom. The van der Waals surface area contributed by atoms with Gasteiger partial charge in [0, 0.05) is 18.6 Å². The molecule has 1 aliphatic heterocycles. The maximum absolute atomic E-state index is 13.0. The van der Waals surface area contributed by atoms with Crippen LogP contribution >= 0.6 is 0 Å². The van der Waals surface area contributed by atoms with Crippen LogP contribution in [0.15, 0.2) is 24.3 Å². The first-order valence-electron chi connectivity index (χ1n) is 8.15. The van der Waals surface area contributed by atoms with Crippen molar-refractivity contribution in [2.75, 3.05) is 19.8 Å². The van der Waals surface area contributed by atoms with Crippen LogP contribution in [-0.2, 0) is 19.7 Å².